The minimum Gasteiger partial charge on any atom is -0.556 e. The van der Waals surface area contributed by atoms with Crippen molar-refractivity contribution in [2.24, 2.45) is 11.5 Å². The molecule has 3 nitrogen and oxygen atoms in total. The highest BCUT2D eigenvalue weighted by Crippen LogP contribution is 2.20. The van der Waals surface area contributed by atoms with Crippen LogP contribution >= 0.6 is 23.2 Å². The first-order chi connectivity index (χ1) is 10.8. The normalized spacial score (nSPS) is 11.3. The topological polar surface area (TPSA) is 61.3 Å². The predicted molar refractivity (Wildman–Crippen MR) is 91.5 cm³/mol. The number of halogens is 4. The van der Waals surface area contributed by atoms with Crippen LogP contribution in [0, 0.1) is 11.6 Å². The molecule has 0 saturated carbocycles. The standard InChI is InChI=1S/C12H6BCl2F2O.C3H10N2/c14-7-1-3-9(10(16)5-7)13-18-12-4-2-8(15)6-11(12)17;1-3(5)2-4/h1-6H;3H,2,4-5H2,1H3. The van der Waals surface area contributed by atoms with Gasteiger partial charge in [0.25, 0.3) is 0 Å². The molecule has 4 N–H and O–H groups in total. The molecule has 0 saturated heterocycles. The summed E-state index contributed by atoms with van der Waals surface area (Å²) in [7, 11) is 1.11. The molecule has 2 aromatic carbocycles. The summed E-state index contributed by atoms with van der Waals surface area (Å²) in [6.07, 6.45) is 0. The van der Waals surface area contributed by atoms with Crippen LogP contribution < -0.4 is 21.6 Å². The van der Waals surface area contributed by atoms with Gasteiger partial charge in [-0.05, 0) is 42.7 Å². The average Bonchev–Trinajstić information content (AvgIpc) is 2.48. The molecule has 0 aliphatic carbocycles. The van der Waals surface area contributed by atoms with Gasteiger partial charge in [0, 0.05) is 22.6 Å². The zero-order chi connectivity index (χ0) is 17.4. The SMILES string of the molecule is CC(N)CN.Fc1cc(Cl)ccc1[B]Oc1ccc(Cl)cc1F. The van der Waals surface area contributed by atoms with E-state index in [1.807, 2.05) is 6.92 Å². The van der Waals surface area contributed by atoms with Crippen LogP contribution in [-0.2, 0) is 0 Å². The molecule has 1 radical (unpaired) electrons. The van der Waals surface area contributed by atoms with Crippen LogP contribution in [0.5, 0.6) is 5.75 Å². The molecule has 0 aromatic heterocycles. The van der Waals surface area contributed by atoms with Gasteiger partial charge in [-0.3, -0.25) is 0 Å². The lowest BCUT2D eigenvalue weighted by Crippen LogP contribution is -2.25. The maximum atomic E-state index is 13.4. The van der Waals surface area contributed by atoms with Crippen LogP contribution in [0.1, 0.15) is 6.92 Å². The Labute approximate surface area is 144 Å². The van der Waals surface area contributed by atoms with Crippen LogP contribution in [0.3, 0.4) is 0 Å². The molecule has 0 aliphatic heterocycles. The zero-order valence-corrected chi connectivity index (χ0v) is 13.9. The fourth-order valence-corrected chi connectivity index (χ4v) is 1.61. The summed E-state index contributed by atoms with van der Waals surface area (Å²) in [5, 5.41) is 0.542. The van der Waals surface area contributed by atoms with Crippen molar-refractivity contribution in [1.82, 2.24) is 0 Å². The second-order valence-corrected chi connectivity index (χ2v) is 5.56. The summed E-state index contributed by atoms with van der Waals surface area (Å²) in [5.41, 5.74) is 10.4. The number of hydrogen-bond acceptors (Lipinski definition) is 3. The van der Waals surface area contributed by atoms with Crippen molar-refractivity contribution in [3.8, 4) is 5.75 Å². The van der Waals surface area contributed by atoms with Crippen LogP contribution in [0.2, 0.25) is 10.0 Å². The van der Waals surface area contributed by atoms with Crippen LogP contribution in [0.4, 0.5) is 8.78 Å². The van der Waals surface area contributed by atoms with Crippen molar-refractivity contribution in [3.63, 3.8) is 0 Å². The Balaban J connectivity index is 0.000000463. The van der Waals surface area contributed by atoms with Gasteiger partial charge in [-0.15, -0.1) is 0 Å². The highest BCUT2D eigenvalue weighted by Gasteiger charge is 2.10. The maximum Gasteiger partial charge on any atom is 0.411 e. The fourth-order valence-electron chi connectivity index (χ4n) is 1.29. The van der Waals surface area contributed by atoms with E-state index in [2.05, 4.69) is 0 Å². The molecule has 0 amide bonds. The molecule has 0 heterocycles. The summed E-state index contributed by atoms with van der Waals surface area (Å²) in [6.45, 7) is 2.46. The van der Waals surface area contributed by atoms with Crippen molar-refractivity contribution in [3.05, 3.63) is 58.1 Å². The van der Waals surface area contributed by atoms with Crippen molar-refractivity contribution < 1.29 is 13.4 Å². The van der Waals surface area contributed by atoms with Gasteiger partial charge in [0.2, 0.25) is 0 Å². The Bertz CT molecular complexity index is 593. The van der Waals surface area contributed by atoms with Crippen molar-refractivity contribution in [2.45, 2.75) is 13.0 Å². The number of nitrogens with two attached hydrogens (primary N) is 2. The molecule has 123 valence electrons. The Morgan fingerprint density at radius 1 is 1.09 bits per heavy atom. The van der Waals surface area contributed by atoms with Crippen LogP contribution in [0.15, 0.2) is 36.4 Å². The minimum atomic E-state index is -0.617. The van der Waals surface area contributed by atoms with Gasteiger partial charge in [0.05, 0.1) is 0 Å². The number of hydrogen-bond donors (Lipinski definition) is 2. The molecule has 2 rings (SSSR count). The highest BCUT2D eigenvalue weighted by atomic mass is 35.5. The Kier molecular flexibility index (Phi) is 8.33. The molecule has 0 spiro atoms. The molecule has 1 atom stereocenters. The summed E-state index contributed by atoms with van der Waals surface area (Å²) < 4.78 is 31.8. The van der Waals surface area contributed by atoms with Crippen molar-refractivity contribution in [2.75, 3.05) is 6.54 Å². The molecule has 0 bridgehead atoms. The highest BCUT2D eigenvalue weighted by molar-refractivity contribution is 6.48. The largest absolute Gasteiger partial charge is 0.556 e. The molecule has 23 heavy (non-hydrogen) atoms. The van der Waals surface area contributed by atoms with E-state index in [-0.39, 0.29) is 27.3 Å². The minimum absolute atomic E-state index is 0.0336. The summed E-state index contributed by atoms with van der Waals surface area (Å²) in [5.74, 6) is -1.20. The molecule has 0 aliphatic rings. The Morgan fingerprint density at radius 2 is 1.61 bits per heavy atom. The first-order valence-electron chi connectivity index (χ1n) is 6.69. The third-order valence-corrected chi connectivity index (χ3v) is 3.01. The first kappa shape index (κ1) is 19.7. The Hall–Kier alpha value is -1.34. The summed E-state index contributed by atoms with van der Waals surface area (Å²) in [4.78, 5) is 0. The second-order valence-electron chi connectivity index (χ2n) is 4.69. The quantitative estimate of drug-likeness (QED) is 0.825. The summed E-state index contributed by atoms with van der Waals surface area (Å²) in [6, 6.07) is 8.21. The van der Waals surface area contributed by atoms with Crippen molar-refractivity contribution in [1.29, 1.82) is 0 Å². The number of benzene rings is 2. The smallest absolute Gasteiger partial charge is 0.411 e. The molecule has 8 heteroatoms. The lowest BCUT2D eigenvalue weighted by atomic mass is 9.87. The van der Waals surface area contributed by atoms with Gasteiger partial charge in [0.1, 0.15) is 11.6 Å². The summed E-state index contributed by atoms with van der Waals surface area (Å²) >= 11 is 11.2. The average molecular weight is 360 g/mol. The molecular weight excluding hydrogens is 344 g/mol. The van der Waals surface area contributed by atoms with Gasteiger partial charge >= 0.3 is 7.48 Å². The van der Waals surface area contributed by atoms with Gasteiger partial charge in [-0.1, -0.05) is 29.3 Å². The molecular formula is C15H16BCl2F2N2O. The predicted octanol–water partition coefficient (Wildman–Crippen LogP) is 2.89. The third-order valence-electron chi connectivity index (χ3n) is 2.54. The van der Waals surface area contributed by atoms with Gasteiger partial charge < -0.3 is 16.1 Å². The fraction of sp³-hybridized carbons (Fsp3) is 0.200. The third kappa shape index (κ3) is 7.18. The van der Waals surface area contributed by atoms with E-state index < -0.39 is 11.6 Å². The number of rotatable bonds is 4. The van der Waals surface area contributed by atoms with Crippen LogP contribution in [-0.4, -0.2) is 20.1 Å². The second kappa shape index (κ2) is 9.73. The van der Waals surface area contributed by atoms with E-state index in [1.54, 1.807) is 0 Å². The Morgan fingerprint density at radius 3 is 2.09 bits per heavy atom. The van der Waals surface area contributed by atoms with E-state index in [4.69, 9.17) is 39.3 Å². The van der Waals surface area contributed by atoms with Gasteiger partial charge in [-0.2, -0.15) is 0 Å². The zero-order valence-electron chi connectivity index (χ0n) is 12.4. The van der Waals surface area contributed by atoms with E-state index in [1.165, 1.54) is 24.3 Å². The molecule has 0 fully saturated rings. The molecule has 1 unspecified atom stereocenters. The molecule has 2 aromatic rings. The van der Waals surface area contributed by atoms with Crippen LogP contribution in [0.25, 0.3) is 0 Å². The van der Waals surface area contributed by atoms with E-state index in [0.717, 1.165) is 19.6 Å². The van der Waals surface area contributed by atoms with E-state index >= 15 is 0 Å². The van der Waals surface area contributed by atoms with Gasteiger partial charge in [-0.25, -0.2) is 8.78 Å². The van der Waals surface area contributed by atoms with E-state index in [9.17, 15) is 8.78 Å². The van der Waals surface area contributed by atoms with E-state index in [0.29, 0.717) is 6.54 Å². The van der Waals surface area contributed by atoms with Gasteiger partial charge in [0.15, 0.2) is 5.82 Å². The monoisotopic (exact) mass is 359 g/mol. The van der Waals surface area contributed by atoms with Crippen molar-refractivity contribution >= 4 is 36.1 Å². The maximum absolute atomic E-state index is 13.4. The lowest BCUT2D eigenvalue weighted by Gasteiger charge is -2.07. The first-order valence-corrected chi connectivity index (χ1v) is 7.44. The lowest BCUT2D eigenvalue weighted by molar-refractivity contribution is 0.520.